The summed E-state index contributed by atoms with van der Waals surface area (Å²) in [5.74, 6) is 1.11. The van der Waals surface area contributed by atoms with Crippen LogP contribution >= 0.6 is 33.9 Å². The lowest BCUT2D eigenvalue weighted by Gasteiger charge is -2.15. The molecule has 0 radical (unpaired) electrons. The van der Waals surface area contributed by atoms with Crippen LogP contribution in [0, 0.1) is 14.9 Å². The monoisotopic (exact) mass is 661 g/mol. The number of aliphatic imine (C=N–C) groups is 1. The zero-order chi connectivity index (χ0) is 27.9. The minimum atomic E-state index is -0.122. The third-order valence-electron chi connectivity index (χ3n) is 6.58. The summed E-state index contributed by atoms with van der Waals surface area (Å²) in [4.78, 5) is 19.5. The number of halogens is 1. The molecule has 1 aromatic heterocycles. The van der Waals surface area contributed by atoms with Gasteiger partial charge in [0.2, 0.25) is 0 Å². The molecule has 5 rings (SSSR count). The van der Waals surface area contributed by atoms with E-state index in [1.807, 2.05) is 67.6 Å². The minimum Gasteiger partial charge on any atom is -0.490 e. The SMILES string of the molecule is CCOc1cc(C=Nc2sc3c(c2C(=O)Nc2ccccc2)CCCC3)cc(I)c1OCc1ccccc1C#N. The van der Waals surface area contributed by atoms with E-state index in [1.165, 1.54) is 4.88 Å². The number of nitrogens with zero attached hydrogens (tertiary/aromatic N) is 2. The summed E-state index contributed by atoms with van der Waals surface area (Å²) in [5, 5.41) is 13.2. The number of amides is 1. The topological polar surface area (TPSA) is 83.7 Å². The molecule has 0 saturated heterocycles. The van der Waals surface area contributed by atoms with Gasteiger partial charge in [0.25, 0.3) is 5.91 Å². The highest BCUT2D eigenvalue weighted by molar-refractivity contribution is 14.1. The van der Waals surface area contributed by atoms with Crippen molar-refractivity contribution < 1.29 is 14.3 Å². The smallest absolute Gasteiger partial charge is 0.259 e. The molecule has 8 heteroatoms. The normalized spacial score (nSPS) is 12.5. The molecule has 1 amide bonds. The lowest BCUT2D eigenvalue weighted by atomic mass is 9.95. The Labute approximate surface area is 251 Å². The second kappa shape index (κ2) is 13.1. The van der Waals surface area contributed by atoms with E-state index in [0.29, 0.717) is 29.2 Å². The highest BCUT2D eigenvalue weighted by atomic mass is 127. The van der Waals surface area contributed by atoms with Gasteiger partial charge in [0, 0.05) is 22.3 Å². The number of carbonyl (C=O) groups is 1. The first-order valence-electron chi connectivity index (χ1n) is 13.2. The molecule has 1 N–H and O–H groups in total. The fourth-order valence-electron chi connectivity index (χ4n) is 4.70. The number of rotatable bonds is 9. The highest BCUT2D eigenvalue weighted by Gasteiger charge is 2.25. The molecular formula is C32H28IN3O3S. The van der Waals surface area contributed by atoms with Crippen molar-refractivity contribution in [1.29, 1.82) is 5.26 Å². The maximum atomic E-state index is 13.4. The molecule has 1 aliphatic rings. The van der Waals surface area contributed by atoms with Crippen LogP contribution in [0.25, 0.3) is 0 Å². The maximum absolute atomic E-state index is 13.4. The van der Waals surface area contributed by atoms with E-state index in [4.69, 9.17) is 14.5 Å². The molecule has 4 aromatic rings. The predicted molar refractivity (Wildman–Crippen MR) is 168 cm³/mol. The van der Waals surface area contributed by atoms with E-state index in [0.717, 1.165) is 56.6 Å². The van der Waals surface area contributed by atoms with Crippen molar-refractivity contribution in [2.75, 3.05) is 11.9 Å². The number of ether oxygens (including phenoxy) is 2. The van der Waals surface area contributed by atoms with Gasteiger partial charge in [0.05, 0.1) is 27.4 Å². The Morgan fingerprint density at radius 1 is 1.10 bits per heavy atom. The average Bonchev–Trinajstić information content (AvgIpc) is 3.35. The van der Waals surface area contributed by atoms with Gasteiger partial charge < -0.3 is 14.8 Å². The minimum absolute atomic E-state index is 0.122. The second-order valence-electron chi connectivity index (χ2n) is 9.29. The third kappa shape index (κ3) is 6.37. The summed E-state index contributed by atoms with van der Waals surface area (Å²) in [6.45, 7) is 2.66. The molecule has 6 nitrogen and oxygen atoms in total. The summed E-state index contributed by atoms with van der Waals surface area (Å²) in [5.41, 5.74) is 4.82. The average molecular weight is 662 g/mol. The molecule has 0 fully saturated rings. The third-order valence-corrected chi connectivity index (χ3v) is 8.58. The number of hydrogen-bond acceptors (Lipinski definition) is 6. The number of anilines is 1. The van der Waals surface area contributed by atoms with Crippen molar-refractivity contribution >= 4 is 56.7 Å². The molecule has 0 saturated carbocycles. The zero-order valence-electron chi connectivity index (χ0n) is 22.1. The Balaban J connectivity index is 1.43. The first kappa shape index (κ1) is 27.9. The number of thiophene rings is 1. The molecule has 0 bridgehead atoms. The summed E-state index contributed by atoms with van der Waals surface area (Å²) >= 11 is 3.84. The van der Waals surface area contributed by atoms with E-state index < -0.39 is 0 Å². The second-order valence-corrected chi connectivity index (χ2v) is 11.5. The van der Waals surface area contributed by atoms with Gasteiger partial charge in [-0.15, -0.1) is 11.3 Å². The van der Waals surface area contributed by atoms with Crippen LogP contribution in [-0.2, 0) is 19.4 Å². The quantitative estimate of drug-likeness (QED) is 0.145. The maximum Gasteiger partial charge on any atom is 0.259 e. The number of aryl methyl sites for hydroxylation is 1. The molecule has 1 heterocycles. The molecule has 0 atom stereocenters. The summed E-state index contributed by atoms with van der Waals surface area (Å²) < 4.78 is 12.9. The predicted octanol–water partition coefficient (Wildman–Crippen LogP) is 8.08. The fraction of sp³-hybridized carbons (Fsp3) is 0.219. The van der Waals surface area contributed by atoms with Crippen LogP contribution in [0.4, 0.5) is 10.7 Å². The fourth-order valence-corrected chi connectivity index (χ4v) is 6.71. The van der Waals surface area contributed by atoms with E-state index in [1.54, 1.807) is 23.6 Å². The molecule has 40 heavy (non-hydrogen) atoms. The van der Waals surface area contributed by atoms with E-state index in [9.17, 15) is 10.1 Å². The van der Waals surface area contributed by atoms with Gasteiger partial charge >= 0.3 is 0 Å². The standard InChI is InChI=1S/C32H28IN3O3S/c1-2-38-27-17-21(16-26(33)30(27)39-20-23-11-7-6-10-22(23)18-34)19-35-32-29(25-14-8-9-15-28(25)40-32)31(37)36-24-12-4-3-5-13-24/h3-7,10-13,16-17,19H,2,8-9,14-15,20H2,1H3,(H,36,37). The Bertz CT molecular complexity index is 1590. The Morgan fingerprint density at radius 2 is 1.88 bits per heavy atom. The Morgan fingerprint density at radius 3 is 2.67 bits per heavy atom. The Hall–Kier alpha value is -3.68. The van der Waals surface area contributed by atoms with E-state index >= 15 is 0 Å². The Kier molecular flexibility index (Phi) is 9.14. The first-order valence-corrected chi connectivity index (χ1v) is 15.1. The van der Waals surface area contributed by atoms with Crippen LogP contribution in [-0.4, -0.2) is 18.7 Å². The van der Waals surface area contributed by atoms with Gasteiger partial charge in [-0.25, -0.2) is 4.99 Å². The number of nitrogens with one attached hydrogen (secondary N) is 1. The molecule has 0 spiro atoms. The van der Waals surface area contributed by atoms with Gasteiger partial charge in [-0.2, -0.15) is 5.26 Å². The number of hydrogen-bond donors (Lipinski definition) is 1. The van der Waals surface area contributed by atoms with Gasteiger partial charge in [-0.1, -0.05) is 36.4 Å². The van der Waals surface area contributed by atoms with Crippen LogP contribution in [0.15, 0.2) is 71.7 Å². The van der Waals surface area contributed by atoms with Crippen molar-refractivity contribution in [1.82, 2.24) is 0 Å². The van der Waals surface area contributed by atoms with Crippen molar-refractivity contribution in [3.8, 4) is 17.6 Å². The molecule has 202 valence electrons. The molecular weight excluding hydrogens is 633 g/mol. The van der Waals surface area contributed by atoms with Crippen LogP contribution in [0.3, 0.4) is 0 Å². The van der Waals surface area contributed by atoms with Crippen LogP contribution in [0.5, 0.6) is 11.5 Å². The largest absolute Gasteiger partial charge is 0.490 e. The lowest BCUT2D eigenvalue weighted by Crippen LogP contribution is -2.14. The van der Waals surface area contributed by atoms with Gasteiger partial charge in [-0.05, 0) is 96.7 Å². The van der Waals surface area contributed by atoms with Gasteiger partial charge in [-0.3, -0.25) is 4.79 Å². The van der Waals surface area contributed by atoms with Crippen molar-refractivity contribution in [2.24, 2.45) is 4.99 Å². The summed E-state index contributed by atoms with van der Waals surface area (Å²) in [6, 6.07) is 23.0. The summed E-state index contributed by atoms with van der Waals surface area (Å²) in [7, 11) is 0. The number of para-hydroxylation sites is 1. The van der Waals surface area contributed by atoms with E-state index in [2.05, 4.69) is 34.0 Å². The zero-order valence-corrected chi connectivity index (χ0v) is 25.1. The van der Waals surface area contributed by atoms with Crippen molar-refractivity contribution in [2.45, 2.75) is 39.2 Å². The van der Waals surface area contributed by atoms with Crippen LogP contribution in [0.1, 0.15) is 57.3 Å². The first-order chi connectivity index (χ1) is 19.6. The highest BCUT2D eigenvalue weighted by Crippen LogP contribution is 2.41. The van der Waals surface area contributed by atoms with Crippen molar-refractivity contribution in [3.63, 3.8) is 0 Å². The van der Waals surface area contributed by atoms with Crippen LogP contribution < -0.4 is 14.8 Å². The molecule has 0 aliphatic heterocycles. The number of carbonyl (C=O) groups excluding carboxylic acids is 1. The number of fused-ring (bicyclic) bond motifs is 1. The molecule has 0 unspecified atom stereocenters. The molecule has 1 aliphatic carbocycles. The van der Waals surface area contributed by atoms with Crippen LogP contribution in [0.2, 0.25) is 0 Å². The molecule has 3 aromatic carbocycles. The van der Waals surface area contributed by atoms with E-state index in [-0.39, 0.29) is 12.5 Å². The van der Waals surface area contributed by atoms with Crippen molar-refractivity contribution in [3.05, 3.63) is 103 Å². The number of benzene rings is 3. The van der Waals surface area contributed by atoms with Gasteiger partial charge in [0.15, 0.2) is 11.5 Å². The number of nitriles is 1. The summed E-state index contributed by atoms with van der Waals surface area (Å²) in [6.07, 6.45) is 5.87. The lowest BCUT2D eigenvalue weighted by molar-refractivity contribution is 0.102. The van der Waals surface area contributed by atoms with Gasteiger partial charge in [0.1, 0.15) is 11.6 Å².